The lowest BCUT2D eigenvalue weighted by molar-refractivity contribution is 0.298. The summed E-state index contributed by atoms with van der Waals surface area (Å²) in [6, 6.07) is 5.01. The molecular weight excluding hydrogens is 251 g/mol. The molecule has 3 unspecified atom stereocenters. The van der Waals surface area contributed by atoms with Gasteiger partial charge in [0.15, 0.2) is 0 Å². The Balaban J connectivity index is 1.68. The highest BCUT2D eigenvalue weighted by atomic mass is 35.5. The van der Waals surface area contributed by atoms with E-state index >= 15 is 0 Å². The fraction of sp³-hybridized carbons (Fsp3) is 0.571. The second-order valence-electron chi connectivity index (χ2n) is 5.59. The summed E-state index contributed by atoms with van der Waals surface area (Å²) in [4.78, 5) is 2.40. The van der Waals surface area contributed by atoms with Crippen molar-refractivity contribution in [2.45, 2.75) is 25.4 Å². The number of rotatable bonds is 2. The molecule has 1 heterocycles. The predicted molar refractivity (Wildman–Crippen MR) is 70.9 cm³/mol. The second-order valence-corrected chi connectivity index (χ2v) is 6.00. The number of hydrogen-bond acceptors (Lipinski definition) is 2. The number of hydrogen-bond donors (Lipinski definition) is 1. The van der Waals surface area contributed by atoms with Gasteiger partial charge in [0, 0.05) is 30.7 Å². The molecular formula is C14H18ClFN2. The summed E-state index contributed by atoms with van der Waals surface area (Å²) in [5, 5.41) is 0.524. The van der Waals surface area contributed by atoms with Gasteiger partial charge in [-0.1, -0.05) is 17.7 Å². The molecule has 1 saturated heterocycles. The van der Waals surface area contributed by atoms with Gasteiger partial charge in [0.05, 0.1) is 0 Å². The minimum atomic E-state index is -0.274. The van der Waals surface area contributed by atoms with E-state index in [2.05, 4.69) is 4.90 Å². The van der Waals surface area contributed by atoms with Gasteiger partial charge in [0.2, 0.25) is 0 Å². The Morgan fingerprint density at radius 1 is 1.33 bits per heavy atom. The number of halogens is 2. The van der Waals surface area contributed by atoms with Crippen LogP contribution in [0.15, 0.2) is 18.2 Å². The minimum absolute atomic E-state index is 0.274. The third-order valence-electron chi connectivity index (χ3n) is 4.40. The van der Waals surface area contributed by atoms with E-state index in [0.717, 1.165) is 31.1 Å². The molecule has 0 amide bonds. The van der Waals surface area contributed by atoms with Crippen LogP contribution in [0.2, 0.25) is 5.02 Å². The van der Waals surface area contributed by atoms with Gasteiger partial charge >= 0.3 is 0 Å². The van der Waals surface area contributed by atoms with Crippen LogP contribution in [0.5, 0.6) is 0 Å². The molecule has 1 saturated carbocycles. The van der Waals surface area contributed by atoms with Crippen LogP contribution >= 0.6 is 11.6 Å². The summed E-state index contributed by atoms with van der Waals surface area (Å²) < 4.78 is 13.0. The zero-order chi connectivity index (χ0) is 12.7. The van der Waals surface area contributed by atoms with Gasteiger partial charge < -0.3 is 5.73 Å². The summed E-state index contributed by atoms with van der Waals surface area (Å²) in [5.74, 6) is 1.12. The van der Waals surface area contributed by atoms with E-state index < -0.39 is 0 Å². The van der Waals surface area contributed by atoms with Crippen LogP contribution in [-0.2, 0) is 6.54 Å². The molecule has 1 aliphatic heterocycles. The summed E-state index contributed by atoms with van der Waals surface area (Å²) in [6.07, 6.45) is 2.42. The number of nitrogens with zero attached hydrogens (tertiary/aromatic N) is 1. The van der Waals surface area contributed by atoms with Crippen LogP contribution in [0, 0.1) is 17.7 Å². The Morgan fingerprint density at radius 2 is 2.17 bits per heavy atom. The third kappa shape index (κ3) is 2.27. The first-order valence-electron chi connectivity index (χ1n) is 6.55. The molecule has 1 aromatic rings. The zero-order valence-electron chi connectivity index (χ0n) is 10.3. The van der Waals surface area contributed by atoms with E-state index in [-0.39, 0.29) is 5.82 Å². The van der Waals surface area contributed by atoms with Gasteiger partial charge in [-0.25, -0.2) is 4.39 Å². The normalized spacial score (nSPS) is 31.8. The van der Waals surface area contributed by atoms with Crippen molar-refractivity contribution in [1.29, 1.82) is 0 Å². The van der Waals surface area contributed by atoms with Crippen LogP contribution in [0.4, 0.5) is 4.39 Å². The zero-order valence-corrected chi connectivity index (χ0v) is 11.0. The quantitative estimate of drug-likeness (QED) is 0.894. The topological polar surface area (TPSA) is 29.3 Å². The molecule has 18 heavy (non-hydrogen) atoms. The van der Waals surface area contributed by atoms with E-state index in [9.17, 15) is 4.39 Å². The maximum absolute atomic E-state index is 13.0. The molecule has 1 aromatic carbocycles. The van der Waals surface area contributed by atoms with Crippen molar-refractivity contribution in [2.24, 2.45) is 17.6 Å². The molecule has 0 aromatic heterocycles. The van der Waals surface area contributed by atoms with E-state index in [1.807, 2.05) is 0 Å². The van der Waals surface area contributed by atoms with Gasteiger partial charge in [0.1, 0.15) is 5.82 Å². The summed E-state index contributed by atoms with van der Waals surface area (Å²) in [6.45, 7) is 2.96. The fourth-order valence-electron chi connectivity index (χ4n) is 3.42. The molecule has 2 fully saturated rings. The molecule has 1 aliphatic carbocycles. The SMILES string of the molecule is NC1CCC2CN(Cc3ccc(F)cc3Cl)CC12. The number of fused-ring (bicyclic) bond motifs is 1. The lowest BCUT2D eigenvalue weighted by atomic mass is 9.98. The fourth-order valence-corrected chi connectivity index (χ4v) is 3.65. The van der Waals surface area contributed by atoms with Gasteiger partial charge in [-0.05, 0) is 42.4 Å². The standard InChI is InChI=1S/C14H18ClFN2/c15-13-5-11(16)3-1-10(13)7-18-6-9-2-4-14(17)12(9)8-18/h1,3,5,9,12,14H,2,4,6-8,17H2. The highest BCUT2D eigenvalue weighted by Gasteiger charge is 2.40. The Labute approximate surface area is 112 Å². The molecule has 3 rings (SSSR count). The molecule has 0 spiro atoms. The van der Waals surface area contributed by atoms with Crippen molar-refractivity contribution in [1.82, 2.24) is 4.90 Å². The van der Waals surface area contributed by atoms with E-state index in [1.165, 1.54) is 25.0 Å². The first-order valence-corrected chi connectivity index (χ1v) is 6.93. The Morgan fingerprint density at radius 3 is 2.89 bits per heavy atom. The number of benzene rings is 1. The van der Waals surface area contributed by atoms with Gasteiger partial charge in [0.25, 0.3) is 0 Å². The van der Waals surface area contributed by atoms with Crippen LogP contribution in [-0.4, -0.2) is 24.0 Å². The molecule has 2 aliphatic rings. The lowest BCUT2D eigenvalue weighted by Gasteiger charge is -2.19. The maximum atomic E-state index is 13.0. The molecule has 0 radical (unpaired) electrons. The lowest BCUT2D eigenvalue weighted by Crippen LogP contribution is -2.30. The smallest absolute Gasteiger partial charge is 0.124 e. The monoisotopic (exact) mass is 268 g/mol. The van der Waals surface area contributed by atoms with Crippen LogP contribution in [0.1, 0.15) is 18.4 Å². The van der Waals surface area contributed by atoms with E-state index in [4.69, 9.17) is 17.3 Å². The summed E-state index contributed by atoms with van der Waals surface area (Å²) in [5.41, 5.74) is 7.13. The Kier molecular flexibility index (Phi) is 3.31. The van der Waals surface area contributed by atoms with Crippen LogP contribution in [0.25, 0.3) is 0 Å². The van der Waals surface area contributed by atoms with Gasteiger partial charge in [-0.3, -0.25) is 4.90 Å². The first kappa shape index (κ1) is 12.4. The average Bonchev–Trinajstić information content (AvgIpc) is 2.86. The maximum Gasteiger partial charge on any atom is 0.124 e. The van der Waals surface area contributed by atoms with Crippen molar-refractivity contribution in [3.8, 4) is 0 Å². The minimum Gasteiger partial charge on any atom is -0.327 e. The van der Waals surface area contributed by atoms with Gasteiger partial charge in [-0.15, -0.1) is 0 Å². The van der Waals surface area contributed by atoms with Crippen molar-refractivity contribution in [3.05, 3.63) is 34.6 Å². The molecule has 2 N–H and O–H groups in total. The largest absolute Gasteiger partial charge is 0.327 e. The van der Waals surface area contributed by atoms with E-state index in [0.29, 0.717) is 17.0 Å². The van der Waals surface area contributed by atoms with Crippen molar-refractivity contribution < 1.29 is 4.39 Å². The van der Waals surface area contributed by atoms with Crippen LogP contribution in [0.3, 0.4) is 0 Å². The Bertz CT molecular complexity index is 451. The number of likely N-dealkylation sites (tertiary alicyclic amines) is 1. The van der Waals surface area contributed by atoms with Gasteiger partial charge in [-0.2, -0.15) is 0 Å². The van der Waals surface area contributed by atoms with Crippen molar-refractivity contribution >= 4 is 11.6 Å². The molecule has 98 valence electrons. The average molecular weight is 269 g/mol. The molecule has 3 atom stereocenters. The summed E-state index contributed by atoms with van der Waals surface area (Å²) in [7, 11) is 0. The number of nitrogens with two attached hydrogens (primary N) is 1. The van der Waals surface area contributed by atoms with Crippen molar-refractivity contribution in [3.63, 3.8) is 0 Å². The summed E-state index contributed by atoms with van der Waals surface area (Å²) >= 11 is 6.07. The Hall–Kier alpha value is -0.640. The molecule has 0 bridgehead atoms. The highest BCUT2D eigenvalue weighted by molar-refractivity contribution is 6.31. The van der Waals surface area contributed by atoms with Crippen molar-refractivity contribution in [2.75, 3.05) is 13.1 Å². The second kappa shape index (κ2) is 4.80. The third-order valence-corrected chi connectivity index (χ3v) is 4.75. The van der Waals surface area contributed by atoms with E-state index in [1.54, 1.807) is 6.07 Å². The van der Waals surface area contributed by atoms with Crippen LogP contribution < -0.4 is 5.73 Å². The first-order chi connectivity index (χ1) is 8.63. The molecule has 2 nitrogen and oxygen atoms in total. The predicted octanol–water partition coefficient (Wildman–Crippen LogP) is 2.65. The molecule has 4 heteroatoms. The highest BCUT2D eigenvalue weighted by Crippen LogP contribution is 2.37.